The van der Waals surface area contributed by atoms with E-state index in [0.29, 0.717) is 16.7 Å². The highest BCUT2D eigenvalue weighted by molar-refractivity contribution is 6.30. The van der Waals surface area contributed by atoms with Crippen molar-refractivity contribution in [3.8, 4) is 5.75 Å². The molecule has 1 aliphatic heterocycles. The smallest absolute Gasteiger partial charge is 0.263 e. The predicted molar refractivity (Wildman–Crippen MR) is 89.2 cm³/mol. The zero-order valence-electron chi connectivity index (χ0n) is 13.5. The molecule has 1 aliphatic rings. The van der Waals surface area contributed by atoms with Crippen molar-refractivity contribution < 1.29 is 9.53 Å². The summed E-state index contributed by atoms with van der Waals surface area (Å²) in [5.41, 5.74) is 6.91. The summed E-state index contributed by atoms with van der Waals surface area (Å²) in [5, 5.41) is 0.666. The largest absolute Gasteiger partial charge is 0.481 e. The summed E-state index contributed by atoms with van der Waals surface area (Å²) in [6, 6.07) is 5.53. The van der Waals surface area contributed by atoms with E-state index >= 15 is 0 Å². The molecule has 4 nitrogen and oxygen atoms in total. The standard InChI is InChI=1S/C17H25ClN2O2/c1-11-9-15(18)6-7-16(11)22-13(3)17(21)20-8-4-5-14(10-20)12(2)19/h6-7,9,12-14H,4-5,8,10,19H2,1-3H3. The van der Waals surface area contributed by atoms with E-state index in [2.05, 4.69) is 0 Å². The Kier molecular flexibility index (Phi) is 5.70. The lowest BCUT2D eigenvalue weighted by atomic mass is 9.92. The number of aryl methyl sites for hydroxylation is 1. The van der Waals surface area contributed by atoms with Crippen molar-refractivity contribution in [2.75, 3.05) is 13.1 Å². The first-order valence-corrected chi connectivity index (χ1v) is 8.23. The van der Waals surface area contributed by atoms with Gasteiger partial charge in [-0.2, -0.15) is 0 Å². The molecular formula is C17H25ClN2O2. The maximum absolute atomic E-state index is 12.6. The van der Waals surface area contributed by atoms with Crippen LogP contribution in [0.3, 0.4) is 0 Å². The van der Waals surface area contributed by atoms with Crippen LogP contribution in [-0.2, 0) is 4.79 Å². The van der Waals surface area contributed by atoms with Gasteiger partial charge in [0.2, 0.25) is 0 Å². The summed E-state index contributed by atoms with van der Waals surface area (Å²) < 4.78 is 5.83. The quantitative estimate of drug-likeness (QED) is 0.926. The lowest BCUT2D eigenvalue weighted by Gasteiger charge is -2.36. The van der Waals surface area contributed by atoms with E-state index in [1.54, 1.807) is 13.0 Å². The van der Waals surface area contributed by atoms with Crippen molar-refractivity contribution in [3.05, 3.63) is 28.8 Å². The molecule has 1 aromatic carbocycles. The molecule has 0 spiro atoms. The zero-order chi connectivity index (χ0) is 16.3. The molecule has 22 heavy (non-hydrogen) atoms. The fourth-order valence-electron chi connectivity index (χ4n) is 2.88. The van der Waals surface area contributed by atoms with E-state index < -0.39 is 6.10 Å². The first kappa shape index (κ1) is 17.1. The molecule has 2 N–H and O–H groups in total. The van der Waals surface area contributed by atoms with Gasteiger partial charge >= 0.3 is 0 Å². The number of halogens is 1. The van der Waals surface area contributed by atoms with Crippen LogP contribution in [0.5, 0.6) is 5.75 Å². The molecule has 3 atom stereocenters. The number of benzene rings is 1. The molecule has 1 saturated heterocycles. The van der Waals surface area contributed by atoms with Gasteiger partial charge < -0.3 is 15.4 Å². The molecule has 5 heteroatoms. The van der Waals surface area contributed by atoms with Crippen molar-refractivity contribution in [3.63, 3.8) is 0 Å². The second-order valence-corrected chi connectivity index (χ2v) is 6.65. The minimum Gasteiger partial charge on any atom is -0.481 e. The highest BCUT2D eigenvalue weighted by Gasteiger charge is 2.29. The molecule has 1 heterocycles. The molecule has 0 saturated carbocycles. The third kappa shape index (κ3) is 4.14. The molecular weight excluding hydrogens is 300 g/mol. The number of hydrogen-bond donors (Lipinski definition) is 1. The minimum atomic E-state index is -0.508. The Morgan fingerprint density at radius 1 is 1.45 bits per heavy atom. The van der Waals surface area contributed by atoms with Crippen molar-refractivity contribution >= 4 is 17.5 Å². The van der Waals surface area contributed by atoms with Crippen LogP contribution in [0.4, 0.5) is 0 Å². The van der Waals surface area contributed by atoms with Crippen LogP contribution < -0.4 is 10.5 Å². The molecule has 0 aromatic heterocycles. The second kappa shape index (κ2) is 7.34. The van der Waals surface area contributed by atoms with Crippen molar-refractivity contribution in [2.45, 2.75) is 45.8 Å². The Morgan fingerprint density at radius 3 is 2.82 bits per heavy atom. The SMILES string of the molecule is Cc1cc(Cl)ccc1OC(C)C(=O)N1CCCC(C(C)N)C1. The third-order valence-corrected chi connectivity index (χ3v) is 4.54. The Morgan fingerprint density at radius 2 is 2.18 bits per heavy atom. The molecule has 3 unspecified atom stereocenters. The van der Waals surface area contributed by atoms with Gasteiger partial charge in [-0.1, -0.05) is 11.6 Å². The van der Waals surface area contributed by atoms with E-state index in [1.165, 1.54) is 0 Å². The maximum atomic E-state index is 12.6. The first-order valence-electron chi connectivity index (χ1n) is 7.85. The van der Waals surface area contributed by atoms with Gasteiger partial charge in [-0.25, -0.2) is 0 Å². The maximum Gasteiger partial charge on any atom is 0.263 e. The van der Waals surface area contributed by atoms with Gasteiger partial charge in [0.25, 0.3) is 5.91 Å². The number of nitrogens with two attached hydrogens (primary N) is 1. The highest BCUT2D eigenvalue weighted by atomic mass is 35.5. The second-order valence-electron chi connectivity index (χ2n) is 6.22. The summed E-state index contributed by atoms with van der Waals surface area (Å²) in [6.45, 7) is 7.24. The number of carbonyl (C=O) groups is 1. The van der Waals surface area contributed by atoms with Gasteiger partial charge in [0, 0.05) is 24.2 Å². The van der Waals surface area contributed by atoms with Gasteiger partial charge in [0.05, 0.1) is 0 Å². The normalized spacial score (nSPS) is 21.3. The van der Waals surface area contributed by atoms with Crippen LogP contribution in [0.2, 0.25) is 5.02 Å². The number of carbonyl (C=O) groups excluding carboxylic acids is 1. The Hall–Kier alpha value is -1.26. The van der Waals surface area contributed by atoms with E-state index in [4.69, 9.17) is 22.1 Å². The van der Waals surface area contributed by atoms with E-state index in [0.717, 1.165) is 31.5 Å². The fourth-order valence-corrected chi connectivity index (χ4v) is 3.11. The van der Waals surface area contributed by atoms with Crippen LogP contribution in [0.25, 0.3) is 0 Å². The summed E-state index contributed by atoms with van der Waals surface area (Å²) in [7, 11) is 0. The lowest BCUT2D eigenvalue weighted by molar-refractivity contribution is -0.139. The number of amides is 1. The van der Waals surface area contributed by atoms with Gasteiger partial charge in [-0.05, 0) is 63.3 Å². The van der Waals surface area contributed by atoms with Crippen molar-refractivity contribution in [2.24, 2.45) is 11.7 Å². The summed E-state index contributed by atoms with van der Waals surface area (Å²) >= 11 is 5.94. The van der Waals surface area contributed by atoms with E-state index in [1.807, 2.05) is 30.9 Å². The molecule has 0 bridgehead atoms. The van der Waals surface area contributed by atoms with Crippen LogP contribution in [0.1, 0.15) is 32.3 Å². The number of ether oxygens (including phenoxy) is 1. The number of likely N-dealkylation sites (tertiary alicyclic amines) is 1. The number of nitrogens with zero attached hydrogens (tertiary/aromatic N) is 1. The van der Waals surface area contributed by atoms with Gasteiger partial charge in [0.15, 0.2) is 6.10 Å². The summed E-state index contributed by atoms with van der Waals surface area (Å²) in [4.78, 5) is 14.5. The van der Waals surface area contributed by atoms with Crippen molar-refractivity contribution in [1.82, 2.24) is 4.90 Å². The summed E-state index contributed by atoms with van der Waals surface area (Å²) in [6.07, 6.45) is 1.59. The molecule has 122 valence electrons. The fraction of sp³-hybridized carbons (Fsp3) is 0.588. The van der Waals surface area contributed by atoms with Crippen LogP contribution in [0.15, 0.2) is 18.2 Å². The highest BCUT2D eigenvalue weighted by Crippen LogP contribution is 2.24. The first-order chi connectivity index (χ1) is 10.4. The van der Waals surface area contributed by atoms with Gasteiger partial charge in [0.1, 0.15) is 5.75 Å². The predicted octanol–water partition coefficient (Wildman–Crippen LogP) is 3.00. The third-order valence-electron chi connectivity index (χ3n) is 4.30. The molecule has 1 aromatic rings. The van der Waals surface area contributed by atoms with Crippen molar-refractivity contribution in [1.29, 1.82) is 0 Å². The average molecular weight is 325 g/mol. The Labute approximate surface area is 137 Å². The summed E-state index contributed by atoms with van der Waals surface area (Å²) in [5.74, 6) is 1.10. The van der Waals surface area contributed by atoms with E-state index in [9.17, 15) is 4.79 Å². The lowest BCUT2D eigenvalue weighted by Crippen LogP contribution is -2.48. The van der Waals surface area contributed by atoms with Crippen LogP contribution in [-0.4, -0.2) is 36.0 Å². The molecule has 0 radical (unpaired) electrons. The molecule has 1 amide bonds. The zero-order valence-corrected chi connectivity index (χ0v) is 14.3. The van der Waals surface area contributed by atoms with E-state index in [-0.39, 0.29) is 11.9 Å². The molecule has 2 rings (SSSR count). The number of hydrogen-bond acceptors (Lipinski definition) is 3. The number of piperidine rings is 1. The molecule has 0 aliphatic carbocycles. The topological polar surface area (TPSA) is 55.6 Å². The Bertz CT molecular complexity index is 533. The number of rotatable bonds is 4. The monoisotopic (exact) mass is 324 g/mol. The van der Waals surface area contributed by atoms with Gasteiger partial charge in [-0.15, -0.1) is 0 Å². The van der Waals surface area contributed by atoms with Gasteiger partial charge in [-0.3, -0.25) is 4.79 Å². The van der Waals surface area contributed by atoms with Crippen LogP contribution >= 0.6 is 11.6 Å². The minimum absolute atomic E-state index is 0.0275. The Balaban J connectivity index is 1.99. The average Bonchev–Trinajstić information content (AvgIpc) is 2.49. The van der Waals surface area contributed by atoms with Crippen LogP contribution in [0, 0.1) is 12.8 Å². The molecule has 1 fully saturated rings.